The summed E-state index contributed by atoms with van der Waals surface area (Å²) >= 11 is 18.8. The smallest absolute Gasteiger partial charge is 0.0613 e. The second-order valence-electron chi connectivity index (χ2n) is 7.07. The van der Waals surface area contributed by atoms with Crippen molar-refractivity contribution in [2.75, 3.05) is 7.05 Å². The summed E-state index contributed by atoms with van der Waals surface area (Å²) in [6.45, 7) is 0. The lowest BCUT2D eigenvalue weighted by molar-refractivity contribution is 0.223. The van der Waals surface area contributed by atoms with Crippen LogP contribution < -0.4 is 0 Å². The Labute approximate surface area is 161 Å². The molecule has 2 unspecified atom stereocenters. The van der Waals surface area contributed by atoms with Crippen LogP contribution in [-0.4, -0.2) is 22.6 Å². The Morgan fingerprint density at radius 3 is 2.60 bits per heavy atom. The average molecular weight is 392 g/mol. The van der Waals surface area contributed by atoms with E-state index in [1.54, 1.807) is 0 Å². The van der Waals surface area contributed by atoms with Crippen molar-refractivity contribution in [3.8, 4) is 5.69 Å². The molecule has 0 amide bonds. The van der Waals surface area contributed by atoms with Crippen molar-refractivity contribution < 1.29 is 0 Å². The molecular formula is C20H17Cl3N2. The molecule has 0 aliphatic carbocycles. The van der Waals surface area contributed by atoms with E-state index in [1.165, 1.54) is 35.0 Å². The summed E-state index contributed by atoms with van der Waals surface area (Å²) in [5, 5.41) is 3.20. The molecule has 0 saturated carbocycles. The molecule has 1 aromatic heterocycles. The molecule has 1 saturated heterocycles. The molecule has 2 aliphatic rings. The highest BCUT2D eigenvalue weighted by Crippen LogP contribution is 2.48. The van der Waals surface area contributed by atoms with Crippen LogP contribution in [0.25, 0.3) is 16.6 Å². The minimum atomic E-state index is 0.471. The second kappa shape index (κ2) is 5.65. The minimum absolute atomic E-state index is 0.471. The second-order valence-corrected chi connectivity index (χ2v) is 8.32. The molecule has 3 aromatic rings. The van der Waals surface area contributed by atoms with Crippen LogP contribution in [0.4, 0.5) is 0 Å². The number of aromatic nitrogens is 1. The van der Waals surface area contributed by atoms with Crippen molar-refractivity contribution in [2.24, 2.45) is 0 Å². The van der Waals surface area contributed by atoms with Crippen LogP contribution in [0.1, 0.15) is 30.1 Å². The van der Waals surface area contributed by atoms with E-state index in [-0.39, 0.29) is 0 Å². The van der Waals surface area contributed by atoms with E-state index < -0.39 is 0 Å². The molecule has 0 spiro atoms. The Kier molecular flexibility index (Phi) is 3.62. The molecule has 5 heteroatoms. The Morgan fingerprint density at radius 1 is 0.960 bits per heavy atom. The first kappa shape index (κ1) is 16.0. The number of nitrogens with zero attached hydrogens (tertiary/aromatic N) is 2. The van der Waals surface area contributed by atoms with Gasteiger partial charge in [-0.15, -0.1) is 0 Å². The quantitative estimate of drug-likeness (QED) is 0.474. The molecule has 3 heterocycles. The maximum Gasteiger partial charge on any atom is 0.0613 e. The number of hydrogen-bond donors (Lipinski definition) is 0. The van der Waals surface area contributed by atoms with Gasteiger partial charge in [0, 0.05) is 40.3 Å². The number of halogens is 3. The lowest BCUT2D eigenvalue weighted by atomic mass is 9.97. The first-order valence-corrected chi connectivity index (χ1v) is 9.68. The zero-order valence-electron chi connectivity index (χ0n) is 13.8. The standard InChI is InChI=1S/C20H17Cl3N2/c1-24-12-4-7-18(24)20-14-8-11(21)2-6-17(14)25(19(20)10-12)13-3-5-15(22)16(23)9-13/h2-3,5-6,8-9,12,18H,4,7,10H2,1H3. The predicted octanol–water partition coefficient (Wildman–Crippen LogP) is 6.28. The fraction of sp³-hybridized carbons (Fsp3) is 0.300. The van der Waals surface area contributed by atoms with Gasteiger partial charge >= 0.3 is 0 Å². The van der Waals surface area contributed by atoms with E-state index >= 15 is 0 Å². The molecule has 5 rings (SSSR count). The first-order chi connectivity index (χ1) is 12.0. The number of hydrogen-bond acceptors (Lipinski definition) is 1. The molecule has 2 aromatic carbocycles. The predicted molar refractivity (Wildman–Crippen MR) is 106 cm³/mol. The fourth-order valence-corrected chi connectivity index (χ4v) is 5.13. The maximum atomic E-state index is 6.34. The summed E-state index contributed by atoms with van der Waals surface area (Å²) in [5.74, 6) is 0. The van der Waals surface area contributed by atoms with Crippen LogP contribution in [-0.2, 0) is 6.42 Å². The Morgan fingerprint density at radius 2 is 1.80 bits per heavy atom. The topological polar surface area (TPSA) is 8.17 Å². The van der Waals surface area contributed by atoms with Gasteiger partial charge in [0.05, 0.1) is 15.6 Å². The first-order valence-electron chi connectivity index (χ1n) is 8.54. The molecule has 2 aliphatic heterocycles. The highest BCUT2D eigenvalue weighted by molar-refractivity contribution is 6.42. The monoisotopic (exact) mass is 390 g/mol. The molecule has 0 N–H and O–H groups in total. The lowest BCUT2D eigenvalue weighted by Gasteiger charge is -2.32. The van der Waals surface area contributed by atoms with Gasteiger partial charge in [-0.2, -0.15) is 0 Å². The van der Waals surface area contributed by atoms with E-state index in [4.69, 9.17) is 34.8 Å². The molecule has 2 nitrogen and oxygen atoms in total. The van der Waals surface area contributed by atoms with Crippen LogP contribution in [0.5, 0.6) is 0 Å². The van der Waals surface area contributed by atoms with Crippen molar-refractivity contribution in [2.45, 2.75) is 31.3 Å². The number of rotatable bonds is 1. The zero-order valence-corrected chi connectivity index (χ0v) is 16.0. The van der Waals surface area contributed by atoms with Gasteiger partial charge in [-0.1, -0.05) is 34.8 Å². The average Bonchev–Trinajstić information content (AvgIpc) is 3.01. The number of benzene rings is 2. The molecule has 1 fully saturated rings. The molecule has 25 heavy (non-hydrogen) atoms. The van der Waals surface area contributed by atoms with Gasteiger partial charge in [-0.3, -0.25) is 4.90 Å². The maximum absolute atomic E-state index is 6.34. The van der Waals surface area contributed by atoms with Gasteiger partial charge in [-0.25, -0.2) is 0 Å². The van der Waals surface area contributed by atoms with Gasteiger partial charge in [0.15, 0.2) is 0 Å². The van der Waals surface area contributed by atoms with Crippen molar-refractivity contribution in [1.82, 2.24) is 9.47 Å². The van der Waals surface area contributed by atoms with Gasteiger partial charge in [-0.05, 0) is 61.9 Å². The molecule has 128 valence electrons. The molecule has 0 radical (unpaired) electrons. The van der Waals surface area contributed by atoms with E-state index in [9.17, 15) is 0 Å². The van der Waals surface area contributed by atoms with Gasteiger partial charge in [0.2, 0.25) is 0 Å². The lowest BCUT2D eigenvalue weighted by Crippen LogP contribution is -2.34. The van der Waals surface area contributed by atoms with Crippen LogP contribution in [0.3, 0.4) is 0 Å². The van der Waals surface area contributed by atoms with Crippen molar-refractivity contribution in [1.29, 1.82) is 0 Å². The van der Waals surface area contributed by atoms with Crippen molar-refractivity contribution >= 4 is 45.7 Å². The molecule has 2 atom stereocenters. The zero-order chi connectivity index (χ0) is 17.3. The summed E-state index contributed by atoms with van der Waals surface area (Å²) in [6.07, 6.45) is 3.51. The van der Waals surface area contributed by atoms with E-state index in [2.05, 4.69) is 28.6 Å². The van der Waals surface area contributed by atoms with Crippen LogP contribution >= 0.6 is 34.8 Å². The number of likely N-dealkylation sites (N-methyl/N-ethyl adjacent to an activating group) is 1. The summed E-state index contributed by atoms with van der Waals surface area (Å²) < 4.78 is 2.35. The van der Waals surface area contributed by atoms with Gasteiger partial charge < -0.3 is 4.57 Å². The molecule has 2 bridgehead atoms. The number of fused-ring (bicyclic) bond motifs is 6. The Hall–Kier alpha value is -1.19. The summed E-state index contributed by atoms with van der Waals surface area (Å²) in [7, 11) is 2.25. The fourth-order valence-electron chi connectivity index (χ4n) is 4.66. The van der Waals surface area contributed by atoms with E-state index in [1.807, 2.05) is 24.3 Å². The SMILES string of the molecule is CN1C2CCC1c1c(n(-c3ccc(Cl)c(Cl)c3)c3ccc(Cl)cc13)C2. The van der Waals surface area contributed by atoms with Crippen molar-refractivity contribution in [3.05, 3.63) is 62.7 Å². The summed E-state index contributed by atoms with van der Waals surface area (Å²) in [4.78, 5) is 2.53. The Balaban J connectivity index is 1.85. The van der Waals surface area contributed by atoms with Gasteiger partial charge in [0.1, 0.15) is 0 Å². The minimum Gasteiger partial charge on any atom is -0.313 e. The van der Waals surface area contributed by atoms with E-state index in [0.29, 0.717) is 22.1 Å². The molecular weight excluding hydrogens is 375 g/mol. The third-order valence-corrected chi connectivity index (χ3v) is 6.81. The van der Waals surface area contributed by atoms with Crippen LogP contribution in [0, 0.1) is 0 Å². The Bertz CT molecular complexity index is 1010. The summed E-state index contributed by atoms with van der Waals surface area (Å²) in [6, 6.07) is 13.1. The highest BCUT2D eigenvalue weighted by Gasteiger charge is 2.41. The van der Waals surface area contributed by atoms with Crippen molar-refractivity contribution in [3.63, 3.8) is 0 Å². The van der Waals surface area contributed by atoms with Crippen LogP contribution in [0.2, 0.25) is 15.1 Å². The van der Waals surface area contributed by atoms with Gasteiger partial charge in [0.25, 0.3) is 0 Å². The normalized spacial score (nSPS) is 22.6. The van der Waals surface area contributed by atoms with Crippen LogP contribution in [0.15, 0.2) is 36.4 Å². The third-order valence-electron chi connectivity index (χ3n) is 5.83. The highest BCUT2D eigenvalue weighted by atomic mass is 35.5. The summed E-state index contributed by atoms with van der Waals surface area (Å²) in [5.41, 5.74) is 5.07. The third kappa shape index (κ3) is 2.28. The largest absolute Gasteiger partial charge is 0.313 e. The van der Waals surface area contributed by atoms with E-state index in [0.717, 1.165) is 17.1 Å².